The summed E-state index contributed by atoms with van der Waals surface area (Å²) < 4.78 is 0. The average Bonchev–Trinajstić information content (AvgIpc) is 2.69. The molecule has 1 aromatic rings. The zero-order valence-electron chi connectivity index (χ0n) is 15.2. The molecule has 1 heterocycles. The summed E-state index contributed by atoms with van der Waals surface area (Å²) in [6.07, 6.45) is 10.0. The number of anilines is 1. The Balaban J connectivity index is 0.00000264. The first kappa shape index (κ1) is 21.3. The predicted molar refractivity (Wildman–Crippen MR) is 99.8 cm³/mol. The number of hydrogen-bond donors (Lipinski definition) is 1. The van der Waals surface area contributed by atoms with Crippen LogP contribution in [0.1, 0.15) is 49.3 Å². The van der Waals surface area contributed by atoms with Gasteiger partial charge in [0.2, 0.25) is 0 Å². The maximum atomic E-state index is 12.7. The third-order valence-corrected chi connectivity index (χ3v) is 9.94. The smallest absolute Gasteiger partial charge is 0.261 e. The first-order valence-electron chi connectivity index (χ1n) is 8.68. The number of nitrogens with one attached hydrogen (secondary N) is 1. The van der Waals surface area contributed by atoms with Gasteiger partial charge in [0.25, 0.3) is 5.91 Å². The van der Waals surface area contributed by atoms with E-state index in [2.05, 4.69) is 45.1 Å². The number of rotatable bonds is 4. The number of amides is 1. The predicted octanol–water partition coefficient (Wildman–Crippen LogP) is 5.16. The van der Waals surface area contributed by atoms with Crippen LogP contribution in [-0.2, 0) is 37.5 Å². The molecular weight excluding hydrogens is 378 g/mol. The monoisotopic (exact) mass is 409 g/mol. The van der Waals surface area contributed by atoms with Crippen LogP contribution in [0.25, 0.3) is 0 Å². The first-order chi connectivity index (χ1) is 10.5. The number of carbonyl (C=O) groups is 1. The Labute approximate surface area is 167 Å². The number of benzene rings is 1. The Hall–Kier alpha value is 0.224. The molecule has 2 nitrogen and oxygen atoms in total. The van der Waals surface area contributed by atoms with Crippen LogP contribution in [0.5, 0.6) is 0 Å². The molecule has 1 fully saturated rings. The fourth-order valence-corrected chi connectivity index (χ4v) is 7.68. The molecule has 0 spiro atoms. The summed E-state index contributed by atoms with van der Waals surface area (Å²) in [7, 11) is -1.06. The number of hydrogen-bond acceptors (Lipinski definition) is 1. The molecule has 1 saturated heterocycles. The van der Waals surface area contributed by atoms with Gasteiger partial charge in [-0.15, -0.1) is 0 Å². The minimum absolute atomic E-state index is 0. The second-order valence-corrected chi connectivity index (χ2v) is 11.5. The standard InChI is InChI=1S/C19H30NOP.Y/c1-5-22(10-8-6-7-9-11-22)14-18(21)20-19-16(3)12-15(2)13-17(19)4;/h12-13H,5-11,14H2,1-4H3;/p+1. The molecule has 0 bridgehead atoms. The van der Waals surface area contributed by atoms with Gasteiger partial charge in [0.05, 0.1) is 18.5 Å². The van der Waals surface area contributed by atoms with Gasteiger partial charge in [0, 0.05) is 45.7 Å². The summed E-state index contributed by atoms with van der Waals surface area (Å²) in [5.41, 5.74) is 4.64. The zero-order chi connectivity index (χ0) is 16.2. The van der Waals surface area contributed by atoms with Crippen LogP contribution in [0, 0.1) is 20.8 Å². The molecule has 0 atom stereocenters. The summed E-state index contributed by atoms with van der Waals surface area (Å²) in [5.74, 6) is 0.243. The summed E-state index contributed by atoms with van der Waals surface area (Å²) >= 11 is 0. The van der Waals surface area contributed by atoms with Crippen LogP contribution in [0.4, 0.5) is 5.69 Å². The first-order valence-corrected chi connectivity index (χ1v) is 11.2. The summed E-state index contributed by atoms with van der Waals surface area (Å²) in [6, 6.07) is 4.30. The third kappa shape index (κ3) is 5.91. The van der Waals surface area contributed by atoms with Crippen molar-refractivity contribution in [2.45, 2.75) is 53.4 Å². The van der Waals surface area contributed by atoms with E-state index in [0.717, 1.165) is 11.8 Å². The van der Waals surface area contributed by atoms with E-state index < -0.39 is 7.26 Å². The van der Waals surface area contributed by atoms with E-state index in [1.165, 1.54) is 60.9 Å². The van der Waals surface area contributed by atoms with Gasteiger partial charge in [-0.25, -0.2) is 0 Å². The molecule has 0 unspecified atom stereocenters. The Morgan fingerprint density at radius 3 is 2.04 bits per heavy atom. The molecule has 1 aliphatic heterocycles. The molecule has 1 N–H and O–H groups in total. The molecule has 0 saturated carbocycles. The Morgan fingerprint density at radius 2 is 1.57 bits per heavy atom. The van der Waals surface area contributed by atoms with Crippen molar-refractivity contribution in [3.63, 3.8) is 0 Å². The molecule has 1 amide bonds. The van der Waals surface area contributed by atoms with E-state index in [0.29, 0.717) is 0 Å². The Kier molecular flexibility index (Phi) is 8.91. The van der Waals surface area contributed by atoms with Crippen LogP contribution in [-0.4, -0.2) is 30.6 Å². The number of carbonyl (C=O) groups excluding carboxylic acids is 1. The second-order valence-electron chi connectivity index (χ2n) is 7.00. The van der Waals surface area contributed by atoms with Crippen molar-refractivity contribution in [2.24, 2.45) is 0 Å². The summed E-state index contributed by atoms with van der Waals surface area (Å²) in [5, 5.41) is 3.22. The maximum absolute atomic E-state index is 12.7. The summed E-state index contributed by atoms with van der Waals surface area (Å²) in [4.78, 5) is 12.7. The number of aryl methyl sites for hydroxylation is 3. The molecule has 2 rings (SSSR count). The average molecular weight is 409 g/mol. The van der Waals surface area contributed by atoms with Gasteiger partial charge in [0.1, 0.15) is 6.16 Å². The molecule has 0 aliphatic carbocycles. The SMILES string of the molecule is CC[P+]1(CC(=O)Nc2c(C)cc(C)cc2C)CCCCCC1.[Y]. The van der Waals surface area contributed by atoms with Crippen molar-refractivity contribution in [1.82, 2.24) is 0 Å². The topological polar surface area (TPSA) is 29.1 Å². The van der Waals surface area contributed by atoms with Crippen molar-refractivity contribution in [3.05, 3.63) is 28.8 Å². The van der Waals surface area contributed by atoms with E-state index in [9.17, 15) is 4.79 Å². The van der Waals surface area contributed by atoms with Crippen LogP contribution in [0.2, 0.25) is 0 Å². The normalized spacial score (nSPS) is 17.0. The molecule has 4 heteroatoms. The molecule has 1 radical (unpaired) electrons. The molecule has 23 heavy (non-hydrogen) atoms. The van der Waals surface area contributed by atoms with Gasteiger partial charge in [-0.1, -0.05) is 17.7 Å². The van der Waals surface area contributed by atoms with Gasteiger partial charge >= 0.3 is 0 Å². The molecule has 1 aromatic carbocycles. The molecule has 1 aliphatic rings. The maximum Gasteiger partial charge on any atom is 0.261 e. The van der Waals surface area contributed by atoms with Crippen molar-refractivity contribution < 1.29 is 37.5 Å². The van der Waals surface area contributed by atoms with E-state index in [1.54, 1.807) is 0 Å². The summed E-state index contributed by atoms with van der Waals surface area (Å²) in [6.45, 7) is 8.58. The van der Waals surface area contributed by atoms with Gasteiger partial charge in [-0.2, -0.15) is 0 Å². The van der Waals surface area contributed by atoms with Crippen molar-refractivity contribution in [3.8, 4) is 0 Å². The van der Waals surface area contributed by atoms with Gasteiger partial charge in [-0.05, 0) is 64.5 Å². The van der Waals surface area contributed by atoms with E-state index >= 15 is 0 Å². The second kappa shape index (κ2) is 9.64. The van der Waals surface area contributed by atoms with Crippen molar-refractivity contribution >= 4 is 18.9 Å². The molecule has 125 valence electrons. The van der Waals surface area contributed by atoms with Gasteiger partial charge < -0.3 is 5.32 Å². The van der Waals surface area contributed by atoms with Crippen LogP contribution in [0.15, 0.2) is 12.1 Å². The van der Waals surface area contributed by atoms with Gasteiger partial charge in [-0.3, -0.25) is 4.79 Å². The minimum Gasteiger partial charge on any atom is -0.322 e. The minimum atomic E-state index is -1.06. The zero-order valence-corrected chi connectivity index (χ0v) is 19.0. The van der Waals surface area contributed by atoms with E-state index in [4.69, 9.17) is 0 Å². The van der Waals surface area contributed by atoms with E-state index in [1.807, 2.05) is 0 Å². The van der Waals surface area contributed by atoms with Crippen LogP contribution < -0.4 is 5.32 Å². The van der Waals surface area contributed by atoms with E-state index in [-0.39, 0.29) is 38.6 Å². The quantitative estimate of drug-likeness (QED) is 0.684. The van der Waals surface area contributed by atoms with Crippen molar-refractivity contribution in [1.29, 1.82) is 0 Å². The molecular formula is C19H31NOPY+. The third-order valence-electron chi connectivity index (χ3n) is 5.11. The van der Waals surface area contributed by atoms with Crippen LogP contribution >= 0.6 is 7.26 Å². The molecule has 0 aromatic heterocycles. The Bertz CT molecular complexity index is 513. The fourth-order valence-electron chi connectivity index (χ4n) is 3.81. The van der Waals surface area contributed by atoms with Gasteiger partial charge in [0.15, 0.2) is 0 Å². The van der Waals surface area contributed by atoms with Crippen molar-refractivity contribution in [2.75, 3.05) is 30.0 Å². The largest absolute Gasteiger partial charge is 0.322 e. The Morgan fingerprint density at radius 1 is 1.04 bits per heavy atom. The fraction of sp³-hybridized carbons (Fsp3) is 0.632. The van der Waals surface area contributed by atoms with Crippen LogP contribution in [0.3, 0.4) is 0 Å².